The maximum Gasteiger partial charge on any atom is 0.0619 e. The predicted octanol–water partition coefficient (Wildman–Crippen LogP) is 11.5. The number of rotatable bonds is 1. The zero-order valence-electron chi connectivity index (χ0n) is 25.1. The molecule has 0 spiro atoms. The van der Waals surface area contributed by atoms with Crippen LogP contribution in [0.1, 0.15) is 38.8 Å². The molecule has 7 aromatic carbocycles. The highest BCUT2D eigenvalue weighted by molar-refractivity contribution is 6.18. The molecular weight excluding hydrogens is 518 g/mol. The van der Waals surface area contributed by atoms with E-state index in [1.807, 2.05) is 0 Å². The topological polar surface area (TPSA) is 4.93 Å². The van der Waals surface area contributed by atoms with E-state index in [1.165, 1.54) is 82.1 Å². The van der Waals surface area contributed by atoms with Gasteiger partial charge in [0, 0.05) is 21.8 Å². The Hall–Kier alpha value is -4.88. The van der Waals surface area contributed by atoms with E-state index in [4.69, 9.17) is 0 Å². The number of hydrogen-bond donors (Lipinski definition) is 0. The summed E-state index contributed by atoms with van der Waals surface area (Å²) < 4.78 is 2.50. The Bertz CT molecular complexity index is 2450. The third kappa shape index (κ3) is 3.17. The smallest absolute Gasteiger partial charge is 0.0619 e. The number of hydrogen-bond acceptors (Lipinski definition) is 0. The van der Waals surface area contributed by atoms with Gasteiger partial charge in [-0.25, -0.2) is 0 Å². The first-order valence-electron chi connectivity index (χ1n) is 15.4. The van der Waals surface area contributed by atoms with Gasteiger partial charge in [0.1, 0.15) is 0 Å². The van der Waals surface area contributed by atoms with Crippen molar-refractivity contribution in [3.63, 3.8) is 0 Å². The number of fused-ring (bicyclic) bond motifs is 11. The first kappa shape index (κ1) is 24.7. The van der Waals surface area contributed by atoms with E-state index < -0.39 is 0 Å². The van der Waals surface area contributed by atoms with Gasteiger partial charge in [-0.2, -0.15) is 0 Å². The van der Waals surface area contributed by atoms with Gasteiger partial charge in [0.2, 0.25) is 0 Å². The van der Waals surface area contributed by atoms with Crippen LogP contribution in [0.15, 0.2) is 127 Å². The molecule has 0 aliphatic heterocycles. The van der Waals surface area contributed by atoms with Crippen LogP contribution in [-0.4, -0.2) is 4.57 Å². The molecule has 0 bridgehead atoms. The molecule has 1 aliphatic rings. The van der Waals surface area contributed by atoms with E-state index in [-0.39, 0.29) is 10.8 Å². The van der Waals surface area contributed by atoms with E-state index in [0.29, 0.717) is 0 Å². The van der Waals surface area contributed by atoms with Crippen LogP contribution in [0.4, 0.5) is 0 Å². The third-order valence-electron chi connectivity index (χ3n) is 10.9. The molecule has 0 fully saturated rings. The third-order valence-corrected chi connectivity index (χ3v) is 10.9. The first-order valence-corrected chi connectivity index (χ1v) is 15.4. The van der Waals surface area contributed by atoms with Crippen LogP contribution in [-0.2, 0) is 10.8 Å². The van der Waals surface area contributed by atoms with Gasteiger partial charge in [-0.15, -0.1) is 0 Å². The van der Waals surface area contributed by atoms with Crippen LogP contribution in [0.5, 0.6) is 0 Å². The highest BCUT2D eigenvalue weighted by atomic mass is 15.0. The Morgan fingerprint density at radius 2 is 1.02 bits per heavy atom. The van der Waals surface area contributed by atoms with Gasteiger partial charge in [0.05, 0.1) is 11.0 Å². The van der Waals surface area contributed by atoms with Gasteiger partial charge in [0.25, 0.3) is 0 Å². The van der Waals surface area contributed by atoms with Crippen molar-refractivity contribution in [2.24, 2.45) is 0 Å². The van der Waals surface area contributed by atoms with Crippen LogP contribution in [0.2, 0.25) is 0 Å². The lowest BCUT2D eigenvalue weighted by molar-refractivity contribution is 0.299. The minimum Gasteiger partial charge on any atom is -0.309 e. The molecule has 206 valence electrons. The van der Waals surface area contributed by atoms with Gasteiger partial charge in [-0.1, -0.05) is 125 Å². The number of nitrogens with zero attached hydrogens (tertiary/aromatic N) is 1. The lowest BCUT2D eigenvalue weighted by Crippen LogP contribution is -2.43. The summed E-state index contributed by atoms with van der Waals surface area (Å²) in [6, 6.07) is 47.7. The molecule has 0 saturated heterocycles. The molecule has 0 radical (unpaired) electrons. The second-order valence-electron chi connectivity index (χ2n) is 13.4. The summed E-state index contributed by atoms with van der Waals surface area (Å²) in [6.07, 6.45) is 0. The Balaban J connectivity index is 1.36. The van der Waals surface area contributed by atoms with E-state index in [9.17, 15) is 0 Å². The van der Waals surface area contributed by atoms with Crippen molar-refractivity contribution in [2.45, 2.75) is 38.5 Å². The maximum absolute atomic E-state index is 2.50. The molecule has 0 amide bonds. The minimum atomic E-state index is -0.0928. The maximum atomic E-state index is 2.50. The van der Waals surface area contributed by atoms with E-state index >= 15 is 0 Å². The Labute approximate surface area is 252 Å². The molecule has 1 aliphatic carbocycles. The fourth-order valence-electron chi connectivity index (χ4n) is 7.89. The van der Waals surface area contributed by atoms with Crippen molar-refractivity contribution in [3.8, 4) is 16.8 Å². The zero-order chi connectivity index (χ0) is 29.1. The van der Waals surface area contributed by atoms with Crippen molar-refractivity contribution in [2.75, 3.05) is 0 Å². The predicted molar refractivity (Wildman–Crippen MR) is 185 cm³/mol. The molecule has 0 atom stereocenters. The fraction of sp³-hybridized carbons (Fsp3) is 0.143. The summed E-state index contributed by atoms with van der Waals surface area (Å²) in [5, 5.41) is 10.4. The summed E-state index contributed by atoms with van der Waals surface area (Å²) in [7, 11) is 0. The molecule has 0 saturated carbocycles. The number of aromatic nitrogens is 1. The van der Waals surface area contributed by atoms with Crippen LogP contribution in [0, 0.1) is 0 Å². The Morgan fingerprint density at radius 1 is 0.419 bits per heavy atom. The molecule has 1 nitrogen and oxygen atoms in total. The largest absolute Gasteiger partial charge is 0.309 e. The lowest BCUT2D eigenvalue weighted by Gasteiger charge is -2.48. The highest BCUT2D eigenvalue weighted by Crippen LogP contribution is 2.55. The molecular formula is C42H33N. The van der Waals surface area contributed by atoms with Gasteiger partial charge in [-0.3, -0.25) is 0 Å². The lowest BCUT2D eigenvalue weighted by atomic mass is 9.55. The van der Waals surface area contributed by atoms with Crippen molar-refractivity contribution in [3.05, 3.63) is 139 Å². The zero-order valence-corrected chi connectivity index (χ0v) is 25.1. The van der Waals surface area contributed by atoms with Crippen LogP contribution >= 0.6 is 0 Å². The van der Waals surface area contributed by atoms with Crippen LogP contribution in [0.25, 0.3) is 70.9 Å². The average molecular weight is 552 g/mol. The van der Waals surface area contributed by atoms with Crippen molar-refractivity contribution in [1.29, 1.82) is 0 Å². The molecule has 43 heavy (non-hydrogen) atoms. The molecule has 1 heterocycles. The summed E-state index contributed by atoms with van der Waals surface area (Å²) >= 11 is 0. The molecule has 0 unspecified atom stereocenters. The standard InChI is InChI=1S/C42H33N/c1-41(2)37-24-29(43-39-16-10-9-15-33(39)34-21-19-27-12-6-8-14-31(27)40(34)43)20-22-32(37)36-23-28-18-17-26-11-5-7-13-30(26)35(28)25-38(36)42(41,3)4/h5-25H,1-4H3. The molecule has 1 heteroatoms. The van der Waals surface area contributed by atoms with Crippen molar-refractivity contribution >= 4 is 54.1 Å². The van der Waals surface area contributed by atoms with Crippen molar-refractivity contribution in [1.82, 2.24) is 4.57 Å². The second kappa shape index (κ2) is 8.36. The molecule has 1 aromatic heterocycles. The Morgan fingerprint density at radius 3 is 1.81 bits per heavy atom. The second-order valence-corrected chi connectivity index (χ2v) is 13.4. The Kier molecular flexibility index (Phi) is 4.80. The summed E-state index contributed by atoms with van der Waals surface area (Å²) in [4.78, 5) is 0. The number of para-hydroxylation sites is 1. The summed E-state index contributed by atoms with van der Waals surface area (Å²) in [5.41, 5.74) is 9.14. The van der Waals surface area contributed by atoms with E-state index in [2.05, 4.69) is 160 Å². The first-order chi connectivity index (χ1) is 20.8. The van der Waals surface area contributed by atoms with Crippen LogP contribution in [0.3, 0.4) is 0 Å². The molecule has 8 aromatic rings. The normalized spacial score (nSPS) is 15.3. The monoisotopic (exact) mass is 551 g/mol. The van der Waals surface area contributed by atoms with Gasteiger partial charge < -0.3 is 4.57 Å². The van der Waals surface area contributed by atoms with Crippen molar-refractivity contribution < 1.29 is 0 Å². The molecule has 9 rings (SSSR count). The SMILES string of the molecule is CC1(C)c2cc(-n3c4ccccc4c4ccc5ccccc5c43)ccc2-c2cc3ccc4ccccc4c3cc2C1(C)C. The minimum absolute atomic E-state index is 0.0768. The highest BCUT2D eigenvalue weighted by Gasteiger charge is 2.46. The fourth-order valence-corrected chi connectivity index (χ4v) is 7.89. The average Bonchev–Trinajstić information content (AvgIpc) is 3.38. The summed E-state index contributed by atoms with van der Waals surface area (Å²) in [5.74, 6) is 0. The van der Waals surface area contributed by atoms with Gasteiger partial charge in [-0.05, 0) is 90.3 Å². The van der Waals surface area contributed by atoms with Gasteiger partial charge in [0.15, 0.2) is 0 Å². The quantitative estimate of drug-likeness (QED) is 0.179. The summed E-state index contributed by atoms with van der Waals surface area (Å²) in [6.45, 7) is 9.75. The van der Waals surface area contributed by atoms with E-state index in [0.717, 1.165) is 0 Å². The van der Waals surface area contributed by atoms with E-state index in [1.54, 1.807) is 0 Å². The van der Waals surface area contributed by atoms with Gasteiger partial charge >= 0.3 is 0 Å². The van der Waals surface area contributed by atoms with Crippen LogP contribution < -0.4 is 0 Å². The number of benzene rings is 7. The molecule has 0 N–H and O–H groups in total.